The van der Waals surface area contributed by atoms with Gasteiger partial charge in [-0.25, -0.2) is 0 Å². The summed E-state index contributed by atoms with van der Waals surface area (Å²) >= 11 is 1.26. The number of carbonyl (C=O) groups excluding carboxylic acids is 3. The lowest BCUT2D eigenvalue weighted by atomic mass is 9.91. The van der Waals surface area contributed by atoms with Crippen LogP contribution in [0, 0.1) is 5.92 Å². The van der Waals surface area contributed by atoms with E-state index in [9.17, 15) is 14.4 Å². The first-order valence-corrected chi connectivity index (χ1v) is 13.6. The number of anilines is 1. The number of nitrogens with one attached hydrogen (secondary N) is 2. The predicted molar refractivity (Wildman–Crippen MR) is 149 cm³/mol. The quantitative estimate of drug-likeness (QED) is 0.201. The van der Waals surface area contributed by atoms with E-state index in [4.69, 9.17) is 0 Å². The van der Waals surface area contributed by atoms with Crippen molar-refractivity contribution >= 4 is 35.2 Å². The van der Waals surface area contributed by atoms with Gasteiger partial charge in [0.15, 0.2) is 5.78 Å². The molecule has 0 fully saturated rings. The topological polar surface area (TPSA) is 75.3 Å². The number of amides is 2. The SMILES string of the molecule is CCCCC(=O)Nc1ccc(-c2ccc(C(=O)CC(CCc3ccccc3)C(=O)NSC)cc2)cc1. The Kier molecular flexibility index (Phi) is 10.8. The van der Waals surface area contributed by atoms with Gasteiger partial charge in [-0.15, -0.1) is 0 Å². The average molecular weight is 503 g/mol. The van der Waals surface area contributed by atoms with Crippen molar-refractivity contribution in [2.24, 2.45) is 5.92 Å². The van der Waals surface area contributed by atoms with E-state index in [0.717, 1.165) is 41.6 Å². The summed E-state index contributed by atoms with van der Waals surface area (Å²) in [6, 6.07) is 25.2. The molecule has 0 aromatic heterocycles. The van der Waals surface area contributed by atoms with Crippen LogP contribution in [-0.2, 0) is 16.0 Å². The van der Waals surface area contributed by atoms with Crippen LogP contribution in [0.1, 0.15) is 54.9 Å². The Morgan fingerprint density at radius 2 is 1.50 bits per heavy atom. The van der Waals surface area contributed by atoms with E-state index < -0.39 is 0 Å². The van der Waals surface area contributed by atoms with Gasteiger partial charge in [-0.3, -0.25) is 14.4 Å². The molecule has 6 heteroatoms. The van der Waals surface area contributed by atoms with E-state index in [-0.39, 0.29) is 29.9 Å². The second-order valence-corrected chi connectivity index (χ2v) is 9.44. The summed E-state index contributed by atoms with van der Waals surface area (Å²) in [7, 11) is 0. The highest BCUT2D eigenvalue weighted by Gasteiger charge is 2.22. The van der Waals surface area contributed by atoms with Crippen LogP contribution in [0.2, 0.25) is 0 Å². The molecule has 5 nitrogen and oxygen atoms in total. The van der Waals surface area contributed by atoms with Crippen molar-refractivity contribution in [3.63, 3.8) is 0 Å². The fraction of sp³-hybridized carbons (Fsp3) is 0.300. The number of ketones is 1. The lowest BCUT2D eigenvalue weighted by Crippen LogP contribution is -2.28. The number of hydrogen-bond acceptors (Lipinski definition) is 4. The molecule has 3 aromatic carbocycles. The summed E-state index contributed by atoms with van der Waals surface area (Å²) in [6.45, 7) is 2.06. The van der Waals surface area contributed by atoms with E-state index in [1.807, 2.05) is 78.9 Å². The predicted octanol–water partition coefficient (Wildman–Crippen LogP) is 6.70. The molecule has 0 aliphatic carbocycles. The first-order chi connectivity index (χ1) is 17.5. The third-order valence-corrected chi connectivity index (χ3v) is 6.50. The third kappa shape index (κ3) is 8.38. The summed E-state index contributed by atoms with van der Waals surface area (Å²) < 4.78 is 2.79. The summed E-state index contributed by atoms with van der Waals surface area (Å²) in [4.78, 5) is 37.6. The molecule has 0 saturated carbocycles. The molecule has 0 saturated heterocycles. The molecule has 0 spiro atoms. The number of benzene rings is 3. The number of rotatable bonds is 13. The van der Waals surface area contributed by atoms with E-state index in [2.05, 4.69) is 17.0 Å². The molecule has 188 valence electrons. The minimum absolute atomic E-state index is 0.0285. The molecule has 0 heterocycles. The molecule has 36 heavy (non-hydrogen) atoms. The minimum atomic E-state index is -0.384. The molecule has 1 atom stereocenters. The summed E-state index contributed by atoms with van der Waals surface area (Å²) in [5, 5.41) is 2.92. The zero-order valence-corrected chi connectivity index (χ0v) is 21.8. The zero-order valence-electron chi connectivity index (χ0n) is 21.0. The monoisotopic (exact) mass is 502 g/mol. The van der Waals surface area contributed by atoms with Crippen LogP contribution in [0.25, 0.3) is 11.1 Å². The maximum atomic E-state index is 13.0. The Bertz CT molecular complexity index is 1130. The Balaban J connectivity index is 1.62. The number of Topliss-reactive ketones (excluding diaryl/α,β-unsaturated/α-hetero) is 1. The van der Waals surface area contributed by atoms with E-state index in [0.29, 0.717) is 18.4 Å². The van der Waals surface area contributed by atoms with E-state index in [1.54, 1.807) is 6.26 Å². The molecule has 3 aromatic rings. The van der Waals surface area contributed by atoms with Gasteiger partial charge >= 0.3 is 0 Å². The van der Waals surface area contributed by atoms with Crippen molar-refractivity contribution in [1.29, 1.82) is 0 Å². The number of carbonyl (C=O) groups is 3. The summed E-state index contributed by atoms with van der Waals surface area (Å²) in [6.07, 6.45) is 5.73. The first-order valence-electron chi connectivity index (χ1n) is 12.4. The van der Waals surface area contributed by atoms with Crippen LogP contribution in [0.5, 0.6) is 0 Å². The van der Waals surface area contributed by atoms with Gasteiger partial charge in [-0.1, -0.05) is 92.0 Å². The highest BCUT2D eigenvalue weighted by Crippen LogP contribution is 2.24. The van der Waals surface area contributed by atoms with Gasteiger partial charge < -0.3 is 10.0 Å². The Hall–Kier alpha value is -3.38. The lowest BCUT2D eigenvalue weighted by molar-refractivity contribution is -0.123. The third-order valence-electron chi connectivity index (χ3n) is 6.10. The smallest absolute Gasteiger partial charge is 0.233 e. The highest BCUT2D eigenvalue weighted by molar-refractivity contribution is 7.97. The largest absolute Gasteiger partial charge is 0.326 e. The lowest BCUT2D eigenvalue weighted by Gasteiger charge is -2.15. The van der Waals surface area contributed by atoms with Crippen LogP contribution in [0.4, 0.5) is 5.69 Å². The van der Waals surface area contributed by atoms with Crippen LogP contribution >= 0.6 is 11.9 Å². The maximum Gasteiger partial charge on any atom is 0.233 e. The number of unbranched alkanes of at least 4 members (excludes halogenated alkanes) is 1. The Labute approximate surface area is 218 Å². The molecule has 1 unspecified atom stereocenters. The fourth-order valence-electron chi connectivity index (χ4n) is 3.99. The van der Waals surface area contributed by atoms with Crippen LogP contribution in [-0.4, -0.2) is 23.9 Å². The van der Waals surface area contributed by atoms with Gasteiger partial charge in [0.25, 0.3) is 0 Å². The van der Waals surface area contributed by atoms with Gasteiger partial charge in [0, 0.05) is 36.3 Å². The molecule has 0 bridgehead atoms. The molecule has 0 aliphatic heterocycles. The second kappa shape index (κ2) is 14.2. The molecule has 2 N–H and O–H groups in total. The van der Waals surface area contributed by atoms with Crippen molar-refractivity contribution in [2.45, 2.75) is 45.4 Å². The molecule has 3 rings (SSSR count). The fourth-order valence-corrected chi connectivity index (χ4v) is 4.36. The minimum Gasteiger partial charge on any atom is -0.326 e. The number of aryl methyl sites for hydroxylation is 1. The van der Waals surface area contributed by atoms with Crippen LogP contribution in [0.3, 0.4) is 0 Å². The van der Waals surface area contributed by atoms with Crippen LogP contribution in [0.15, 0.2) is 78.9 Å². The normalized spacial score (nSPS) is 11.5. The molecule has 0 radical (unpaired) electrons. The highest BCUT2D eigenvalue weighted by atomic mass is 32.2. The van der Waals surface area contributed by atoms with Crippen molar-refractivity contribution < 1.29 is 14.4 Å². The van der Waals surface area contributed by atoms with Crippen LogP contribution < -0.4 is 10.0 Å². The van der Waals surface area contributed by atoms with Gasteiger partial charge in [0.05, 0.1) is 0 Å². The Morgan fingerprint density at radius 1 is 0.861 bits per heavy atom. The number of hydrogen-bond donors (Lipinski definition) is 2. The standard InChI is InChI=1S/C30H34N2O3S/c1-3-4-10-29(34)31-27-19-17-24(18-20-27)23-13-15-25(16-14-23)28(33)21-26(30(35)32-36-2)12-11-22-8-6-5-7-9-22/h5-9,13-20,26H,3-4,10-12,21H2,1-2H3,(H,31,34)(H,32,35). The van der Waals surface area contributed by atoms with Crippen molar-refractivity contribution in [3.05, 3.63) is 90.0 Å². The van der Waals surface area contributed by atoms with Crippen molar-refractivity contribution in [3.8, 4) is 11.1 Å². The van der Waals surface area contributed by atoms with E-state index >= 15 is 0 Å². The van der Waals surface area contributed by atoms with Gasteiger partial charge in [0.1, 0.15) is 0 Å². The Morgan fingerprint density at radius 3 is 2.11 bits per heavy atom. The molecule has 0 aliphatic rings. The van der Waals surface area contributed by atoms with E-state index in [1.165, 1.54) is 11.9 Å². The van der Waals surface area contributed by atoms with Crippen molar-refractivity contribution in [2.75, 3.05) is 11.6 Å². The molecule has 2 amide bonds. The first kappa shape index (κ1) is 27.2. The van der Waals surface area contributed by atoms with Gasteiger partial charge in [-0.05, 0) is 48.1 Å². The van der Waals surface area contributed by atoms with Crippen molar-refractivity contribution in [1.82, 2.24) is 4.72 Å². The molecular weight excluding hydrogens is 468 g/mol. The average Bonchev–Trinajstić information content (AvgIpc) is 2.91. The zero-order chi connectivity index (χ0) is 25.8. The molecular formula is C30H34N2O3S. The summed E-state index contributed by atoms with van der Waals surface area (Å²) in [5.41, 5.74) is 4.51. The summed E-state index contributed by atoms with van der Waals surface area (Å²) in [5.74, 6) is -0.503. The van der Waals surface area contributed by atoms with Gasteiger partial charge in [0.2, 0.25) is 11.8 Å². The maximum absolute atomic E-state index is 13.0. The second-order valence-electron chi connectivity index (χ2n) is 8.83. The van der Waals surface area contributed by atoms with Gasteiger partial charge in [-0.2, -0.15) is 0 Å².